The second-order valence-electron chi connectivity index (χ2n) is 9.33. The second-order valence-corrected chi connectivity index (χ2v) is 9.33. The predicted molar refractivity (Wildman–Crippen MR) is 98.4 cm³/mol. The molecule has 4 heteroatoms. The molecular weight excluding hydrogens is 300 g/mol. The summed E-state index contributed by atoms with van der Waals surface area (Å²) in [5.41, 5.74) is -0.0189. The molecule has 0 radical (unpaired) electrons. The van der Waals surface area contributed by atoms with E-state index in [9.17, 15) is 0 Å². The number of ether oxygens (including phenoxy) is 2. The normalized spacial score (nSPS) is 32.0. The SMILES string of the molecule is CN1CCC(CN2CCC(OC3CC(OC(C)(C)C)C3)CC2)CC1. The zero-order valence-electron chi connectivity index (χ0n) is 16.3. The Balaban J connectivity index is 1.28. The third kappa shape index (κ3) is 5.69. The van der Waals surface area contributed by atoms with Gasteiger partial charge < -0.3 is 19.3 Å². The molecule has 0 aromatic heterocycles. The Morgan fingerprint density at radius 3 is 2.04 bits per heavy atom. The van der Waals surface area contributed by atoms with Crippen LogP contribution in [0, 0.1) is 5.92 Å². The minimum Gasteiger partial charge on any atom is -0.375 e. The molecule has 0 N–H and O–H groups in total. The summed E-state index contributed by atoms with van der Waals surface area (Å²) < 4.78 is 12.3. The molecule has 4 nitrogen and oxygen atoms in total. The number of hydrogen-bond acceptors (Lipinski definition) is 4. The molecule has 0 unspecified atom stereocenters. The van der Waals surface area contributed by atoms with E-state index in [-0.39, 0.29) is 5.60 Å². The van der Waals surface area contributed by atoms with Crippen molar-refractivity contribution >= 4 is 0 Å². The maximum absolute atomic E-state index is 6.31. The maximum Gasteiger partial charge on any atom is 0.0631 e. The molecule has 0 amide bonds. The summed E-state index contributed by atoms with van der Waals surface area (Å²) in [6.45, 7) is 12.7. The molecule has 1 aliphatic carbocycles. The Labute approximate surface area is 148 Å². The zero-order valence-corrected chi connectivity index (χ0v) is 16.3. The van der Waals surface area contributed by atoms with Crippen molar-refractivity contribution in [1.29, 1.82) is 0 Å². The van der Waals surface area contributed by atoms with E-state index in [0.717, 1.165) is 18.8 Å². The van der Waals surface area contributed by atoms with Crippen molar-refractivity contribution in [2.75, 3.05) is 39.8 Å². The van der Waals surface area contributed by atoms with Gasteiger partial charge in [-0.05, 0) is 85.4 Å². The minimum absolute atomic E-state index is 0.0189. The molecule has 3 rings (SSSR count). The topological polar surface area (TPSA) is 24.9 Å². The van der Waals surface area contributed by atoms with Crippen molar-refractivity contribution in [1.82, 2.24) is 9.80 Å². The van der Waals surface area contributed by atoms with Crippen LogP contribution in [0.4, 0.5) is 0 Å². The van der Waals surface area contributed by atoms with Crippen molar-refractivity contribution in [3.05, 3.63) is 0 Å². The summed E-state index contributed by atoms with van der Waals surface area (Å²) in [7, 11) is 2.25. The summed E-state index contributed by atoms with van der Waals surface area (Å²) in [4.78, 5) is 5.15. The van der Waals surface area contributed by atoms with E-state index in [1.54, 1.807) is 0 Å². The van der Waals surface area contributed by atoms with Gasteiger partial charge >= 0.3 is 0 Å². The number of piperidine rings is 2. The van der Waals surface area contributed by atoms with E-state index >= 15 is 0 Å². The maximum atomic E-state index is 6.31. The molecule has 0 aromatic rings. The van der Waals surface area contributed by atoms with Crippen LogP contribution in [0.25, 0.3) is 0 Å². The molecule has 3 fully saturated rings. The fourth-order valence-corrected chi connectivity index (χ4v) is 4.33. The first kappa shape index (κ1) is 18.6. The van der Waals surface area contributed by atoms with Crippen LogP contribution < -0.4 is 0 Å². The van der Waals surface area contributed by atoms with Gasteiger partial charge in [-0.3, -0.25) is 0 Å². The Kier molecular flexibility index (Phi) is 6.23. The molecule has 1 saturated carbocycles. The average Bonchev–Trinajstić information content (AvgIpc) is 2.48. The van der Waals surface area contributed by atoms with E-state index in [1.807, 2.05) is 0 Å². The van der Waals surface area contributed by atoms with Crippen LogP contribution in [0.1, 0.15) is 59.3 Å². The summed E-state index contributed by atoms with van der Waals surface area (Å²) in [6.07, 6.45) is 8.72. The lowest BCUT2D eigenvalue weighted by molar-refractivity contribution is -0.167. The third-order valence-electron chi connectivity index (χ3n) is 5.85. The van der Waals surface area contributed by atoms with Crippen LogP contribution in [-0.4, -0.2) is 73.5 Å². The Bertz CT molecular complexity index is 374. The number of rotatable bonds is 5. The Morgan fingerprint density at radius 1 is 0.833 bits per heavy atom. The van der Waals surface area contributed by atoms with Crippen molar-refractivity contribution in [2.24, 2.45) is 5.92 Å². The standard InChI is InChI=1S/C20H38N2O2/c1-20(2,3)24-19-13-18(14-19)23-17-7-11-22(12-8-17)15-16-5-9-21(4)10-6-16/h16-19H,5-15H2,1-4H3. The second kappa shape index (κ2) is 8.03. The molecule has 2 aliphatic heterocycles. The third-order valence-corrected chi connectivity index (χ3v) is 5.85. The van der Waals surface area contributed by atoms with Gasteiger partial charge in [0.05, 0.1) is 23.9 Å². The predicted octanol–water partition coefficient (Wildman–Crippen LogP) is 3.16. The van der Waals surface area contributed by atoms with E-state index in [2.05, 4.69) is 37.6 Å². The summed E-state index contributed by atoms with van der Waals surface area (Å²) >= 11 is 0. The van der Waals surface area contributed by atoms with Crippen LogP contribution >= 0.6 is 0 Å². The number of hydrogen-bond donors (Lipinski definition) is 0. The Hall–Kier alpha value is -0.160. The molecule has 3 aliphatic rings. The summed E-state index contributed by atoms with van der Waals surface area (Å²) in [6, 6.07) is 0. The lowest BCUT2D eigenvalue weighted by Crippen LogP contribution is -2.46. The highest BCUT2D eigenvalue weighted by molar-refractivity contribution is 4.85. The van der Waals surface area contributed by atoms with Crippen LogP contribution in [0.15, 0.2) is 0 Å². The van der Waals surface area contributed by atoms with Gasteiger partial charge in [0.2, 0.25) is 0 Å². The van der Waals surface area contributed by atoms with Gasteiger partial charge in [0.25, 0.3) is 0 Å². The monoisotopic (exact) mass is 338 g/mol. The molecule has 140 valence electrons. The van der Waals surface area contributed by atoms with Crippen molar-refractivity contribution < 1.29 is 9.47 Å². The van der Waals surface area contributed by atoms with E-state index in [1.165, 1.54) is 58.4 Å². The molecule has 2 heterocycles. The molecule has 0 aromatic carbocycles. The van der Waals surface area contributed by atoms with Gasteiger partial charge in [-0.1, -0.05) is 0 Å². The number of likely N-dealkylation sites (tertiary alicyclic amines) is 2. The average molecular weight is 339 g/mol. The summed E-state index contributed by atoms with van der Waals surface area (Å²) in [5, 5.41) is 0. The largest absolute Gasteiger partial charge is 0.375 e. The molecule has 0 spiro atoms. The number of nitrogens with zero attached hydrogens (tertiary/aromatic N) is 2. The lowest BCUT2D eigenvalue weighted by Gasteiger charge is -2.42. The Morgan fingerprint density at radius 2 is 1.46 bits per heavy atom. The minimum atomic E-state index is -0.0189. The smallest absolute Gasteiger partial charge is 0.0631 e. The zero-order chi connectivity index (χ0) is 17.2. The quantitative estimate of drug-likeness (QED) is 0.769. The van der Waals surface area contributed by atoms with Gasteiger partial charge in [-0.15, -0.1) is 0 Å². The van der Waals surface area contributed by atoms with Gasteiger partial charge in [0.1, 0.15) is 0 Å². The first-order valence-electron chi connectivity index (χ1n) is 10.1. The fraction of sp³-hybridized carbons (Fsp3) is 1.00. The van der Waals surface area contributed by atoms with Crippen LogP contribution in [0.2, 0.25) is 0 Å². The molecular formula is C20H38N2O2. The molecule has 0 bridgehead atoms. The van der Waals surface area contributed by atoms with Gasteiger partial charge in [-0.2, -0.15) is 0 Å². The van der Waals surface area contributed by atoms with E-state index in [0.29, 0.717) is 18.3 Å². The van der Waals surface area contributed by atoms with Gasteiger partial charge in [-0.25, -0.2) is 0 Å². The van der Waals surface area contributed by atoms with Crippen molar-refractivity contribution in [2.45, 2.75) is 83.2 Å². The first-order valence-corrected chi connectivity index (χ1v) is 10.1. The van der Waals surface area contributed by atoms with Crippen molar-refractivity contribution in [3.63, 3.8) is 0 Å². The van der Waals surface area contributed by atoms with Crippen LogP contribution in [-0.2, 0) is 9.47 Å². The highest BCUT2D eigenvalue weighted by Gasteiger charge is 2.35. The van der Waals surface area contributed by atoms with Crippen LogP contribution in [0.3, 0.4) is 0 Å². The van der Waals surface area contributed by atoms with Crippen LogP contribution in [0.5, 0.6) is 0 Å². The molecule has 24 heavy (non-hydrogen) atoms. The summed E-state index contributed by atoms with van der Waals surface area (Å²) in [5.74, 6) is 0.917. The van der Waals surface area contributed by atoms with Gasteiger partial charge in [0.15, 0.2) is 0 Å². The molecule has 0 atom stereocenters. The van der Waals surface area contributed by atoms with Crippen molar-refractivity contribution in [3.8, 4) is 0 Å². The fourth-order valence-electron chi connectivity index (χ4n) is 4.33. The molecule has 2 saturated heterocycles. The first-order chi connectivity index (χ1) is 11.4. The highest BCUT2D eigenvalue weighted by atomic mass is 16.5. The van der Waals surface area contributed by atoms with Gasteiger partial charge in [0, 0.05) is 19.6 Å². The van der Waals surface area contributed by atoms with E-state index in [4.69, 9.17) is 9.47 Å². The highest BCUT2D eigenvalue weighted by Crippen LogP contribution is 2.32. The lowest BCUT2D eigenvalue weighted by atomic mass is 9.90. The van der Waals surface area contributed by atoms with E-state index < -0.39 is 0 Å².